The van der Waals surface area contributed by atoms with Gasteiger partial charge in [0.25, 0.3) is 0 Å². The zero-order chi connectivity index (χ0) is 26.1. The van der Waals surface area contributed by atoms with Gasteiger partial charge in [-0.15, -0.1) is 0 Å². The van der Waals surface area contributed by atoms with Crippen LogP contribution in [0.4, 0.5) is 4.39 Å². The molecule has 1 saturated carbocycles. The van der Waals surface area contributed by atoms with Gasteiger partial charge in [-0.05, 0) is 55.5 Å². The molecule has 4 heterocycles. The van der Waals surface area contributed by atoms with Crippen LogP contribution in [0.1, 0.15) is 44.7 Å². The molecule has 0 radical (unpaired) electrons. The maximum absolute atomic E-state index is 13.7. The van der Waals surface area contributed by atoms with Crippen LogP contribution >= 0.6 is 0 Å². The number of nitrogens with two attached hydrogens (primary N) is 1. The van der Waals surface area contributed by atoms with Crippen molar-refractivity contribution in [3.63, 3.8) is 0 Å². The summed E-state index contributed by atoms with van der Waals surface area (Å²) in [6.45, 7) is 6.49. The van der Waals surface area contributed by atoms with E-state index >= 15 is 0 Å². The highest BCUT2D eigenvalue weighted by Gasteiger charge is 2.68. The lowest BCUT2D eigenvalue weighted by Crippen LogP contribution is -2.54. The van der Waals surface area contributed by atoms with Crippen LogP contribution in [0.25, 0.3) is 10.9 Å². The average Bonchev–Trinajstić information content (AvgIpc) is 3.38. The van der Waals surface area contributed by atoms with E-state index in [1.165, 1.54) is 16.1 Å². The quantitative estimate of drug-likeness (QED) is 0.341. The second kappa shape index (κ2) is 10.0. The summed E-state index contributed by atoms with van der Waals surface area (Å²) in [5.41, 5.74) is 1.99. The Hall–Kier alpha value is -2.63. The highest BCUT2D eigenvalue weighted by Crippen LogP contribution is 2.56. The Balaban J connectivity index is 0.00000148. The van der Waals surface area contributed by atoms with E-state index < -0.39 is 33.9 Å². The minimum atomic E-state index is -3.52. The molecule has 4 aliphatic rings. The molecule has 196 valence electrons. The summed E-state index contributed by atoms with van der Waals surface area (Å²) in [5, 5.41) is 4.87. The van der Waals surface area contributed by atoms with Crippen molar-refractivity contribution in [1.82, 2.24) is 9.29 Å². The maximum atomic E-state index is 13.7. The van der Waals surface area contributed by atoms with E-state index in [1.807, 2.05) is 45.2 Å². The van der Waals surface area contributed by atoms with Gasteiger partial charge in [0.1, 0.15) is 24.2 Å². The molecule has 0 amide bonds. The van der Waals surface area contributed by atoms with E-state index in [2.05, 4.69) is 15.1 Å². The molecule has 1 aromatic heterocycles. The molecule has 6 rings (SSSR count). The molecule has 1 aliphatic carbocycles. The number of halogens is 1. The molecule has 36 heavy (non-hydrogen) atoms. The van der Waals surface area contributed by atoms with Gasteiger partial charge in [-0.3, -0.25) is 9.98 Å². The monoisotopic (exact) mass is 519 g/mol. The number of alkyl halides is 1. The van der Waals surface area contributed by atoms with E-state index in [0.717, 1.165) is 29.1 Å². The van der Waals surface area contributed by atoms with Crippen LogP contribution in [0.2, 0.25) is 0 Å². The SMILES string of the molecule is CC.C[C@@H](Oc1ccc2ncc3c(c2c1)CCOC3)/C(C=NC12CN(S(C)(=O)=O)C(CF)(C1)C2)=N/N. The van der Waals surface area contributed by atoms with E-state index in [0.29, 0.717) is 37.5 Å². The number of aliphatic imine (C=N–C) groups is 1. The Morgan fingerprint density at radius 2 is 2.14 bits per heavy atom. The first-order valence-electron chi connectivity index (χ1n) is 12.2. The van der Waals surface area contributed by atoms with Crippen molar-refractivity contribution in [2.75, 3.05) is 26.1 Å². The van der Waals surface area contributed by atoms with Crippen molar-refractivity contribution in [2.45, 2.75) is 63.8 Å². The Kier molecular flexibility index (Phi) is 7.36. The number of benzene rings is 1. The fraction of sp³-hybridized carbons (Fsp3) is 0.560. The highest BCUT2D eigenvalue weighted by atomic mass is 32.2. The number of hydrazone groups is 1. The van der Waals surface area contributed by atoms with Gasteiger partial charge in [-0.25, -0.2) is 12.8 Å². The predicted molar refractivity (Wildman–Crippen MR) is 139 cm³/mol. The fourth-order valence-electron chi connectivity index (χ4n) is 5.49. The second-order valence-corrected chi connectivity index (χ2v) is 11.4. The molecule has 2 aromatic rings. The van der Waals surface area contributed by atoms with Crippen molar-refractivity contribution in [1.29, 1.82) is 0 Å². The van der Waals surface area contributed by atoms with Crippen molar-refractivity contribution >= 4 is 32.9 Å². The lowest BCUT2D eigenvalue weighted by atomic mass is 9.69. The molecule has 2 N–H and O–H groups in total. The van der Waals surface area contributed by atoms with Gasteiger partial charge < -0.3 is 15.3 Å². The number of hydrogen-bond acceptors (Lipinski definition) is 8. The van der Waals surface area contributed by atoms with E-state index in [4.69, 9.17) is 15.3 Å². The summed E-state index contributed by atoms with van der Waals surface area (Å²) in [4.78, 5) is 9.12. The topological polar surface area (TPSA) is 119 Å². The smallest absolute Gasteiger partial charge is 0.211 e. The minimum absolute atomic E-state index is 0.159. The molecular weight excluding hydrogens is 485 g/mol. The summed E-state index contributed by atoms with van der Waals surface area (Å²) in [5.74, 6) is 6.28. The molecule has 3 fully saturated rings. The molecule has 11 heteroatoms. The summed E-state index contributed by atoms with van der Waals surface area (Å²) in [6, 6.07) is 5.74. The van der Waals surface area contributed by atoms with E-state index in [1.54, 1.807) is 0 Å². The van der Waals surface area contributed by atoms with Gasteiger partial charge in [0.05, 0.1) is 36.1 Å². The van der Waals surface area contributed by atoms with Gasteiger partial charge in [0.2, 0.25) is 10.0 Å². The first-order valence-corrected chi connectivity index (χ1v) is 14.1. The number of ether oxygens (including phenoxy) is 2. The van der Waals surface area contributed by atoms with Gasteiger partial charge >= 0.3 is 0 Å². The molecule has 0 spiro atoms. The number of aromatic nitrogens is 1. The van der Waals surface area contributed by atoms with Gasteiger partial charge in [-0.2, -0.15) is 9.41 Å². The van der Waals surface area contributed by atoms with Crippen molar-refractivity contribution in [2.24, 2.45) is 15.9 Å². The highest BCUT2D eigenvalue weighted by molar-refractivity contribution is 7.88. The summed E-state index contributed by atoms with van der Waals surface area (Å²) >= 11 is 0. The Morgan fingerprint density at radius 1 is 1.39 bits per heavy atom. The van der Waals surface area contributed by atoms with Crippen LogP contribution < -0.4 is 10.6 Å². The zero-order valence-corrected chi connectivity index (χ0v) is 22.0. The number of nitrogens with zero attached hydrogens (tertiary/aromatic N) is 4. The molecule has 0 unspecified atom stereocenters. The van der Waals surface area contributed by atoms with Crippen LogP contribution in [-0.2, 0) is 27.8 Å². The molecule has 1 aromatic carbocycles. The van der Waals surface area contributed by atoms with Crippen molar-refractivity contribution in [3.05, 3.63) is 35.5 Å². The lowest BCUT2D eigenvalue weighted by Gasteiger charge is -2.43. The second-order valence-electron chi connectivity index (χ2n) is 9.52. The number of fused-ring (bicyclic) bond motifs is 4. The van der Waals surface area contributed by atoms with Crippen LogP contribution in [0.3, 0.4) is 0 Å². The summed E-state index contributed by atoms with van der Waals surface area (Å²) in [6.07, 6.45) is 5.51. The van der Waals surface area contributed by atoms with E-state index in [9.17, 15) is 12.8 Å². The number of sulfonamides is 1. The Morgan fingerprint density at radius 3 is 2.78 bits per heavy atom. The van der Waals surface area contributed by atoms with Gasteiger partial charge in [0.15, 0.2) is 0 Å². The average molecular weight is 520 g/mol. The third-order valence-electron chi connectivity index (χ3n) is 7.08. The Labute approximate surface area is 211 Å². The minimum Gasteiger partial charge on any atom is -0.484 e. The van der Waals surface area contributed by atoms with Gasteiger partial charge in [0, 0.05) is 24.3 Å². The third kappa shape index (κ3) is 4.71. The molecule has 3 aliphatic heterocycles. The first-order chi connectivity index (χ1) is 17.2. The van der Waals surface area contributed by atoms with Crippen LogP contribution in [0.15, 0.2) is 34.5 Å². The third-order valence-corrected chi connectivity index (χ3v) is 8.39. The molecular formula is C25H34FN5O4S. The molecule has 2 bridgehead atoms. The van der Waals surface area contributed by atoms with Gasteiger partial charge in [-0.1, -0.05) is 13.8 Å². The zero-order valence-electron chi connectivity index (χ0n) is 21.2. The summed E-state index contributed by atoms with van der Waals surface area (Å²) in [7, 11) is -3.52. The van der Waals surface area contributed by atoms with E-state index in [-0.39, 0.29) is 6.54 Å². The molecule has 1 atom stereocenters. The number of hydrogen-bond donors (Lipinski definition) is 1. The largest absolute Gasteiger partial charge is 0.484 e. The maximum Gasteiger partial charge on any atom is 0.211 e. The predicted octanol–water partition coefficient (Wildman–Crippen LogP) is 3.00. The van der Waals surface area contributed by atoms with Crippen molar-refractivity contribution in [3.8, 4) is 5.75 Å². The number of rotatable bonds is 7. The van der Waals surface area contributed by atoms with Crippen LogP contribution in [-0.4, -0.2) is 72.9 Å². The first kappa shape index (κ1) is 26.4. The number of pyridine rings is 1. The fourth-order valence-corrected chi connectivity index (χ4v) is 6.84. The standard InChI is InChI=1S/C23H28FN5O4S.C2H6/c1-15(33-17-3-4-20-19(7-17)18-5-6-32-10-16(18)8-26-20)21(28-25)9-27-22-11-23(12-22,13-24)29(14-22)34(2,30)31;1-2/h3-4,7-9,15H,5-6,10-14,25H2,1-2H3;1-2H3/b27-9?,28-21+;/t15-,22?,23?;/m1./s1. The summed E-state index contributed by atoms with van der Waals surface area (Å²) < 4.78 is 50.8. The lowest BCUT2D eigenvalue weighted by molar-refractivity contribution is 0.111. The molecule has 2 saturated heterocycles. The van der Waals surface area contributed by atoms with Crippen LogP contribution in [0, 0.1) is 0 Å². The van der Waals surface area contributed by atoms with Crippen molar-refractivity contribution < 1.29 is 22.3 Å². The normalized spacial score (nSPS) is 26.8. The van der Waals surface area contributed by atoms with Crippen LogP contribution in [0.5, 0.6) is 5.75 Å². The molecule has 9 nitrogen and oxygen atoms in total. The Bertz CT molecular complexity index is 1290.